The number of aromatic carboxylic acids is 1. The van der Waals surface area contributed by atoms with E-state index < -0.39 is 11.9 Å². The van der Waals surface area contributed by atoms with Gasteiger partial charge < -0.3 is 10.4 Å². The first-order valence-electron chi connectivity index (χ1n) is 5.73. The monoisotopic (exact) mass is 385 g/mol. The van der Waals surface area contributed by atoms with Gasteiger partial charge in [-0.1, -0.05) is 17.7 Å². The standard InChI is InChI=1S/C14H9BrClNO3S/c15-10-3-1-2-9(14(19)20)13(10)17-12(18)7-5-8-4-6-11(16)21-8/h1-7H,(H,17,18)(H,19,20). The number of para-hydroxylation sites is 1. The van der Waals surface area contributed by atoms with Gasteiger partial charge in [-0.15, -0.1) is 11.3 Å². The zero-order valence-electron chi connectivity index (χ0n) is 10.5. The number of hydrogen-bond donors (Lipinski definition) is 2. The molecule has 108 valence electrons. The van der Waals surface area contributed by atoms with Crippen LogP contribution in [0, 0.1) is 0 Å². The van der Waals surface area contributed by atoms with Crippen molar-refractivity contribution in [2.24, 2.45) is 0 Å². The van der Waals surface area contributed by atoms with Crippen LogP contribution in [-0.2, 0) is 4.79 Å². The van der Waals surface area contributed by atoms with Crippen LogP contribution < -0.4 is 5.32 Å². The molecule has 0 saturated heterocycles. The second-order valence-electron chi connectivity index (χ2n) is 3.93. The summed E-state index contributed by atoms with van der Waals surface area (Å²) in [5.41, 5.74) is 0.245. The molecule has 0 saturated carbocycles. The molecule has 4 nitrogen and oxygen atoms in total. The van der Waals surface area contributed by atoms with E-state index >= 15 is 0 Å². The molecule has 0 fully saturated rings. The van der Waals surface area contributed by atoms with Gasteiger partial charge in [0, 0.05) is 15.4 Å². The third kappa shape index (κ3) is 4.17. The first kappa shape index (κ1) is 15.8. The SMILES string of the molecule is O=C(C=Cc1ccc(Cl)s1)Nc1c(Br)cccc1C(=O)O. The molecule has 0 aliphatic carbocycles. The van der Waals surface area contributed by atoms with Crippen LogP contribution in [0.4, 0.5) is 5.69 Å². The molecule has 2 N–H and O–H groups in total. The van der Waals surface area contributed by atoms with Gasteiger partial charge in [0.25, 0.3) is 0 Å². The summed E-state index contributed by atoms with van der Waals surface area (Å²) in [5, 5.41) is 11.7. The Morgan fingerprint density at radius 3 is 2.67 bits per heavy atom. The summed E-state index contributed by atoms with van der Waals surface area (Å²) in [7, 11) is 0. The highest BCUT2D eigenvalue weighted by molar-refractivity contribution is 9.10. The lowest BCUT2D eigenvalue weighted by molar-refractivity contribution is -0.111. The molecule has 0 atom stereocenters. The fourth-order valence-corrected chi connectivity index (χ4v) is 3.00. The van der Waals surface area contributed by atoms with E-state index in [0.29, 0.717) is 8.81 Å². The Morgan fingerprint density at radius 1 is 1.29 bits per heavy atom. The normalized spacial score (nSPS) is 10.8. The van der Waals surface area contributed by atoms with Crippen molar-refractivity contribution in [3.05, 3.63) is 55.7 Å². The van der Waals surface area contributed by atoms with Crippen LogP contribution in [0.25, 0.3) is 6.08 Å². The predicted molar refractivity (Wildman–Crippen MR) is 88.1 cm³/mol. The van der Waals surface area contributed by atoms with E-state index in [4.69, 9.17) is 16.7 Å². The van der Waals surface area contributed by atoms with Crippen LogP contribution in [0.3, 0.4) is 0 Å². The summed E-state index contributed by atoms with van der Waals surface area (Å²) in [5.74, 6) is -1.53. The van der Waals surface area contributed by atoms with Crippen LogP contribution in [0.15, 0.2) is 40.9 Å². The molecule has 7 heteroatoms. The molecule has 0 spiro atoms. The molecule has 1 amide bonds. The van der Waals surface area contributed by atoms with Crippen LogP contribution in [-0.4, -0.2) is 17.0 Å². The second kappa shape index (κ2) is 6.89. The third-order valence-corrected chi connectivity index (χ3v) is 4.34. The summed E-state index contributed by atoms with van der Waals surface area (Å²) < 4.78 is 1.14. The highest BCUT2D eigenvalue weighted by Gasteiger charge is 2.14. The van der Waals surface area contributed by atoms with E-state index in [9.17, 15) is 9.59 Å². The highest BCUT2D eigenvalue weighted by atomic mass is 79.9. The van der Waals surface area contributed by atoms with Gasteiger partial charge in [-0.3, -0.25) is 4.79 Å². The summed E-state index contributed by atoms with van der Waals surface area (Å²) in [6, 6.07) is 8.20. The summed E-state index contributed by atoms with van der Waals surface area (Å²) in [6.45, 7) is 0. The Morgan fingerprint density at radius 2 is 2.05 bits per heavy atom. The van der Waals surface area contributed by atoms with Crippen molar-refractivity contribution in [3.63, 3.8) is 0 Å². The lowest BCUT2D eigenvalue weighted by Crippen LogP contribution is -2.12. The minimum absolute atomic E-state index is 0.0188. The van der Waals surface area contributed by atoms with Crippen molar-refractivity contribution >= 4 is 62.5 Å². The molecule has 0 aliphatic heterocycles. The number of thiophene rings is 1. The number of carbonyl (C=O) groups is 2. The summed E-state index contributed by atoms with van der Waals surface area (Å²) in [4.78, 5) is 23.8. The van der Waals surface area contributed by atoms with E-state index in [1.807, 2.05) is 0 Å². The molecule has 1 aromatic heterocycles. The molecular formula is C14H9BrClNO3S. The number of benzene rings is 1. The van der Waals surface area contributed by atoms with Gasteiger partial charge in [0.2, 0.25) is 5.91 Å². The fraction of sp³-hybridized carbons (Fsp3) is 0. The molecule has 0 bridgehead atoms. The van der Waals surface area contributed by atoms with Crippen molar-refractivity contribution in [3.8, 4) is 0 Å². The number of anilines is 1. The van der Waals surface area contributed by atoms with Gasteiger partial charge in [0.1, 0.15) is 0 Å². The third-order valence-electron chi connectivity index (χ3n) is 2.49. The first-order valence-corrected chi connectivity index (χ1v) is 7.72. The average Bonchev–Trinajstić information content (AvgIpc) is 2.84. The molecule has 1 heterocycles. The molecular weight excluding hydrogens is 378 g/mol. The molecule has 2 rings (SSSR count). The fourth-order valence-electron chi connectivity index (χ4n) is 1.57. The molecule has 0 unspecified atom stereocenters. The number of carboxylic acid groups (broad SMARTS) is 1. The van der Waals surface area contributed by atoms with Gasteiger partial charge in [-0.25, -0.2) is 4.79 Å². The number of hydrogen-bond acceptors (Lipinski definition) is 3. The van der Waals surface area contributed by atoms with Gasteiger partial charge in [0.05, 0.1) is 15.6 Å². The molecule has 0 radical (unpaired) electrons. The van der Waals surface area contributed by atoms with E-state index in [2.05, 4.69) is 21.2 Å². The lowest BCUT2D eigenvalue weighted by atomic mass is 10.2. The molecule has 2 aromatic rings. The number of halogens is 2. The maximum atomic E-state index is 11.9. The van der Waals surface area contributed by atoms with Crippen LogP contribution in [0.2, 0.25) is 4.34 Å². The van der Waals surface area contributed by atoms with Crippen molar-refractivity contribution in [2.45, 2.75) is 0 Å². The first-order chi connectivity index (χ1) is 9.97. The Hall–Kier alpha value is -1.63. The van der Waals surface area contributed by atoms with Gasteiger partial charge in [0.15, 0.2) is 0 Å². The summed E-state index contributed by atoms with van der Waals surface area (Å²) >= 11 is 10.4. The zero-order valence-corrected chi connectivity index (χ0v) is 13.6. The highest BCUT2D eigenvalue weighted by Crippen LogP contribution is 2.27. The molecule has 21 heavy (non-hydrogen) atoms. The van der Waals surface area contributed by atoms with Crippen molar-refractivity contribution in [2.75, 3.05) is 5.32 Å². The lowest BCUT2D eigenvalue weighted by Gasteiger charge is -2.08. The smallest absolute Gasteiger partial charge is 0.337 e. The van der Waals surface area contributed by atoms with Gasteiger partial charge in [-0.2, -0.15) is 0 Å². The topological polar surface area (TPSA) is 66.4 Å². The second-order valence-corrected chi connectivity index (χ2v) is 6.53. The summed E-state index contributed by atoms with van der Waals surface area (Å²) in [6.07, 6.45) is 2.94. The van der Waals surface area contributed by atoms with Crippen LogP contribution in [0.5, 0.6) is 0 Å². The Balaban J connectivity index is 2.16. The number of carboxylic acids is 1. The predicted octanol–water partition coefficient (Wildman–Crippen LogP) is 4.51. The van der Waals surface area contributed by atoms with E-state index in [0.717, 1.165) is 4.88 Å². The average molecular weight is 387 g/mol. The largest absolute Gasteiger partial charge is 0.478 e. The number of nitrogens with one attached hydrogen (secondary N) is 1. The zero-order chi connectivity index (χ0) is 15.4. The van der Waals surface area contributed by atoms with Gasteiger partial charge in [-0.05, 0) is 46.3 Å². The number of amides is 1. The maximum absolute atomic E-state index is 11.9. The van der Waals surface area contributed by atoms with Crippen molar-refractivity contribution in [1.82, 2.24) is 0 Å². The molecule has 1 aromatic carbocycles. The number of rotatable bonds is 4. The van der Waals surface area contributed by atoms with Crippen molar-refractivity contribution in [1.29, 1.82) is 0 Å². The number of carbonyl (C=O) groups excluding carboxylic acids is 1. The van der Waals surface area contributed by atoms with Crippen LogP contribution in [0.1, 0.15) is 15.2 Å². The van der Waals surface area contributed by atoms with E-state index in [1.54, 1.807) is 30.3 Å². The Bertz CT molecular complexity index is 727. The molecule has 0 aliphatic rings. The van der Waals surface area contributed by atoms with E-state index in [1.165, 1.54) is 23.5 Å². The minimum Gasteiger partial charge on any atom is -0.478 e. The quantitative estimate of drug-likeness (QED) is 0.760. The van der Waals surface area contributed by atoms with Crippen LogP contribution >= 0.6 is 38.9 Å². The Kier molecular flexibility index (Phi) is 5.17. The Labute approximate surface area is 138 Å². The van der Waals surface area contributed by atoms with Gasteiger partial charge >= 0.3 is 5.97 Å². The maximum Gasteiger partial charge on any atom is 0.337 e. The van der Waals surface area contributed by atoms with E-state index in [-0.39, 0.29) is 11.3 Å². The minimum atomic E-state index is -1.11. The van der Waals surface area contributed by atoms with Crippen molar-refractivity contribution < 1.29 is 14.7 Å².